The molecular weight excluding hydrogens is 513 g/mol. The second kappa shape index (κ2) is 11.0. The molecule has 6 amide bonds. The summed E-state index contributed by atoms with van der Waals surface area (Å²) < 4.78 is -0.820. The van der Waals surface area contributed by atoms with Crippen molar-refractivity contribution in [3.8, 4) is 0 Å². The average Bonchev–Trinajstić information content (AvgIpc) is 3.10. The Hall–Kier alpha value is -2.61. The van der Waals surface area contributed by atoms with Gasteiger partial charge in [-0.2, -0.15) is 0 Å². The number of benzene rings is 1. The molecule has 12 nitrogen and oxygen atoms in total. The van der Waals surface area contributed by atoms with E-state index in [2.05, 4.69) is 10.6 Å². The fourth-order valence-corrected chi connectivity index (χ4v) is 6.30. The first-order valence-electron chi connectivity index (χ1n) is 11.5. The first-order valence-corrected chi connectivity index (χ1v) is 12.3. The van der Waals surface area contributed by atoms with Crippen molar-refractivity contribution in [3.63, 3.8) is 0 Å². The van der Waals surface area contributed by atoms with Gasteiger partial charge in [-0.25, -0.2) is 4.79 Å². The van der Waals surface area contributed by atoms with Crippen LogP contribution in [0.15, 0.2) is 30.3 Å². The van der Waals surface area contributed by atoms with Crippen molar-refractivity contribution in [1.82, 2.24) is 25.3 Å². The van der Waals surface area contributed by atoms with E-state index in [9.17, 15) is 33.9 Å². The molecule has 2 unspecified atom stereocenters. The molecule has 3 fully saturated rings. The van der Waals surface area contributed by atoms with Gasteiger partial charge < -0.3 is 30.3 Å². The summed E-state index contributed by atoms with van der Waals surface area (Å²) >= 11 is 1.24. The number of imide groups is 1. The molecule has 0 radical (unpaired) electrons. The molecule has 1 aromatic carbocycles. The Morgan fingerprint density at radius 2 is 1.76 bits per heavy atom. The van der Waals surface area contributed by atoms with Crippen LogP contribution < -0.4 is 45.3 Å². The molecule has 0 bridgehead atoms. The minimum Gasteiger partial charge on any atom is -0.548 e. The number of β-lactam (4-membered cyclic amide) rings is 1. The van der Waals surface area contributed by atoms with E-state index >= 15 is 0 Å². The molecule has 3 saturated heterocycles. The molecule has 3 heterocycles. The van der Waals surface area contributed by atoms with Crippen LogP contribution in [0.5, 0.6) is 0 Å². The molecule has 0 saturated carbocycles. The van der Waals surface area contributed by atoms with E-state index in [0.29, 0.717) is 12.1 Å². The van der Waals surface area contributed by atoms with Crippen LogP contribution >= 0.6 is 11.8 Å². The molecule has 0 aliphatic carbocycles. The molecule has 2 N–H and O–H groups in total. The number of carbonyl (C=O) groups is 6. The van der Waals surface area contributed by atoms with E-state index in [-0.39, 0.29) is 42.6 Å². The van der Waals surface area contributed by atoms with Crippen LogP contribution in [0.4, 0.5) is 4.79 Å². The predicted octanol–water partition coefficient (Wildman–Crippen LogP) is -4.57. The van der Waals surface area contributed by atoms with Gasteiger partial charge in [0.2, 0.25) is 11.8 Å². The summed E-state index contributed by atoms with van der Waals surface area (Å²) in [6.07, 6.45) is 0. The van der Waals surface area contributed by atoms with Gasteiger partial charge in [0.15, 0.2) is 0 Å². The SMILES string of the molecule is CCN1CCN(C(=O)NC(C(=O)NC2C(=O)N3[C@@H]2SC(C)(C)[C@@H]3C(=O)[O-])c2ccccc2)C(=O)C1=O.[Na+]. The number of urea groups is 1. The standard InChI is InChI=1S/C23H27N5O7S.Na/c1-4-26-10-11-27(19(32)18(26)31)22(35)25-13(12-8-6-5-7-9-12)16(29)24-14-17(30)28-15(21(33)34)23(2,3)36-20(14)28;/h5-9,13-15,20H,4,10-11H2,1-3H3,(H,24,29)(H,25,35)(H,33,34);/q;+1/p-1/t13?,14?,15-,20+;/m0./s1. The van der Waals surface area contributed by atoms with E-state index in [1.807, 2.05) is 0 Å². The smallest absolute Gasteiger partial charge is 0.548 e. The number of piperazine rings is 1. The average molecular weight is 540 g/mol. The second-order valence-electron chi connectivity index (χ2n) is 9.20. The predicted molar refractivity (Wildman–Crippen MR) is 125 cm³/mol. The van der Waals surface area contributed by atoms with Gasteiger partial charge in [0.25, 0.3) is 0 Å². The summed E-state index contributed by atoms with van der Waals surface area (Å²) in [6.45, 7) is 5.58. The number of carboxylic acids is 1. The summed E-state index contributed by atoms with van der Waals surface area (Å²) in [5, 5.41) is 16.1. The van der Waals surface area contributed by atoms with Gasteiger partial charge in [-0.3, -0.25) is 24.1 Å². The molecule has 0 spiro atoms. The fraction of sp³-hybridized carbons (Fsp3) is 0.478. The number of thioether (sulfide) groups is 1. The number of hydrogen-bond donors (Lipinski definition) is 2. The Bertz CT molecular complexity index is 1130. The number of nitrogens with zero attached hydrogens (tertiary/aromatic N) is 3. The van der Waals surface area contributed by atoms with Crippen LogP contribution in [0, 0.1) is 0 Å². The van der Waals surface area contributed by atoms with Crippen LogP contribution in [-0.2, 0) is 24.0 Å². The van der Waals surface area contributed by atoms with Gasteiger partial charge in [0.05, 0.1) is 12.0 Å². The molecule has 192 valence electrons. The Morgan fingerprint density at radius 1 is 1.11 bits per heavy atom. The molecule has 1 aromatic rings. The topological polar surface area (TPSA) is 159 Å². The van der Waals surface area contributed by atoms with E-state index in [1.165, 1.54) is 21.6 Å². The fourth-order valence-electron chi connectivity index (χ4n) is 4.68. The Kier molecular flexibility index (Phi) is 8.62. The zero-order valence-electron chi connectivity index (χ0n) is 20.9. The van der Waals surface area contributed by atoms with Crippen LogP contribution in [0.1, 0.15) is 32.4 Å². The number of hydrogen-bond acceptors (Lipinski definition) is 8. The first-order chi connectivity index (χ1) is 17.0. The van der Waals surface area contributed by atoms with E-state index < -0.39 is 63.9 Å². The number of fused-ring (bicyclic) bond motifs is 1. The van der Waals surface area contributed by atoms with Gasteiger partial charge in [0.1, 0.15) is 17.5 Å². The molecule has 3 aliphatic rings. The van der Waals surface area contributed by atoms with E-state index in [0.717, 1.165) is 4.90 Å². The van der Waals surface area contributed by atoms with Crippen molar-refractivity contribution in [2.24, 2.45) is 0 Å². The van der Waals surface area contributed by atoms with Crippen LogP contribution in [0.2, 0.25) is 0 Å². The maximum Gasteiger partial charge on any atom is 1.00 e. The van der Waals surface area contributed by atoms with Crippen molar-refractivity contribution < 1.29 is 63.4 Å². The van der Waals surface area contributed by atoms with E-state index in [1.54, 1.807) is 51.1 Å². The third-order valence-corrected chi connectivity index (χ3v) is 8.13. The van der Waals surface area contributed by atoms with Gasteiger partial charge >= 0.3 is 47.4 Å². The van der Waals surface area contributed by atoms with Crippen molar-refractivity contribution in [3.05, 3.63) is 35.9 Å². The van der Waals surface area contributed by atoms with Gasteiger partial charge in [-0.15, -0.1) is 11.8 Å². The minimum atomic E-state index is -1.37. The van der Waals surface area contributed by atoms with Crippen molar-refractivity contribution in [1.29, 1.82) is 0 Å². The van der Waals surface area contributed by atoms with Gasteiger partial charge in [-0.1, -0.05) is 30.3 Å². The molecule has 3 aliphatic heterocycles. The summed E-state index contributed by atoms with van der Waals surface area (Å²) in [5.74, 6) is -4.44. The summed E-state index contributed by atoms with van der Waals surface area (Å²) in [4.78, 5) is 78.6. The Balaban J connectivity index is 0.00000380. The molecular formula is C23H26N5NaO7S. The maximum absolute atomic E-state index is 13.3. The maximum atomic E-state index is 13.3. The number of aliphatic carboxylic acids is 1. The number of likely N-dealkylation sites (N-methyl/N-ethyl adjacent to an activating group) is 1. The number of carboxylic acid groups (broad SMARTS) is 1. The molecule has 4 rings (SSSR count). The van der Waals surface area contributed by atoms with E-state index in [4.69, 9.17) is 0 Å². The van der Waals surface area contributed by atoms with Crippen LogP contribution in [0.3, 0.4) is 0 Å². The number of nitrogens with one attached hydrogen (secondary N) is 2. The monoisotopic (exact) mass is 539 g/mol. The Labute approximate surface area is 239 Å². The number of amides is 6. The molecule has 14 heteroatoms. The zero-order valence-corrected chi connectivity index (χ0v) is 23.7. The number of carbonyl (C=O) groups excluding carboxylic acids is 6. The zero-order chi connectivity index (χ0) is 26.4. The van der Waals surface area contributed by atoms with Gasteiger partial charge in [-0.05, 0) is 26.3 Å². The molecule has 37 heavy (non-hydrogen) atoms. The summed E-state index contributed by atoms with van der Waals surface area (Å²) in [6, 6.07) is 3.92. The minimum absolute atomic E-state index is 0. The number of rotatable bonds is 6. The summed E-state index contributed by atoms with van der Waals surface area (Å²) in [7, 11) is 0. The first kappa shape index (κ1) is 29.0. The summed E-state index contributed by atoms with van der Waals surface area (Å²) in [5.41, 5.74) is 0.393. The molecule has 0 aromatic heterocycles. The third-order valence-electron chi connectivity index (χ3n) is 6.56. The van der Waals surface area contributed by atoms with Crippen molar-refractivity contribution >= 4 is 47.4 Å². The second-order valence-corrected chi connectivity index (χ2v) is 11.0. The van der Waals surface area contributed by atoms with Crippen LogP contribution in [0.25, 0.3) is 0 Å². The van der Waals surface area contributed by atoms with Crippen molar-refractivity contribution in [2.45, 2.75) is 49.0 Å². The van der Waals surface area contributed by atoms with Crippen LogP contribution in [-0.4, -0.2) is 92.2 Å². The van der Waals surface area contributed by atoms with Gasteiger partial charge in [0, 0.05) is 24.4 Å². The third kappa shape index (κ3) is 5.22. The quantitative estimate of drug-likeness (QED) is 0.208. The van der Waals surface area contributed by atoms with Crippen molar-refractivity contribution in [2.75, 3.05) is 19.6 Å². The molecule has 4 atom stereocenters. The Morgan fingerprint density at radius 3 is 2.35 bits per heavy atom. The largest absolute Gasteiger partial charge is 1.00 e. The normalized spacial score (nSPS) is 25.0.